The third kappa shape index (κ3) is 6.68. The number of carboxylic acid groups (broad SMARTS) is 1. The number of nitrogens with zero attached hydrogens (tertiary/aromatic N) is 4. The molecule has 44 heavy (non-hydrogen) atoms. The van der Waals surface area contributed by atoms with E-state index in [-0.39, 0.29) is 17.5 Å². The molecule has 9 nitrogen and oxygen atoms in total. The Kier molecular flexibility index (Phi) is 9.17. The largest absolute Gasteiger partial charge is 0.489 e. The Hall–Kier alpha value is -3.71. The molecule has 2 aromatic heterocycles. The van der Waals surface area contributed by atoms with Crippen LogP contribution in [0.5, 0.6) is 5.75 Å². The highest BCUT2D eigenvalue weighted by Crippen LogP contribution is 2.36. The minimum absolute atomic E-state index is 0.111. The van der Waals surface area contributed by atoms with Gasteiger partial charge in [0.25, 0.3) is 0 Å². The summed E-state index contributed by atoms with van der Waals surface area (Å²) in [6, 6.07) is 10.8. The van der Waals surface area contributed by atoms with E-state index in [0.717, 1.165) is 60.1 Å². The first-order chi connectivity index (χ1) is 20.9. The molecule has 5 rings (SSSR count). The van der Waals surface area contributed by atoms with Gasteiger partial charge in [-0.05, 0) is 98.8 Å². The number of hydrogen-bond donors (Lipinski definition) is 1. The minimum Gasteiger partial charge on any atom is -0.489 e. The third-order valence-electron chi connectivity index (χ3n) is 8.40. The second-order valence-electron chi connectivity index (χ2n) is 11.2. The van der Waals surface area contributed by atoms with Gasteiger partial charge in [0, 0.05) is 13.1 Å². The molecule has 3 aromatic rings. The van der Waals surface area contributed by atoms with Crippen molar-refractivity contribution in [1.82, 2.24) is 19.1 Å². The summed E-state index contributed by atoms with van der Waals surface area (Å²) in [5.41, 5.74) is 2.22. The van der Waals surface area contributed by atoms with E-state index < -0.39 is 33.4 Å². The zero-order valence-corrected chi connectivity index (χ0v) is 25.4. The number of rotatable bonds is 9. The van der Waals surface area contributed by atoms with Crippen molar-refractivity contribution < 1.29 is 36.2 Å². The average molecular weight is 633 g/mol. The van der Waals surface area contributed by atoms with Crippen LogP contribution in [0.2, 0.25) is 0 Å². The lowest BCUT2D eigenvalue weighted by molar-refractivity contribution is -0.143. The Morgan fingerprint density at radius 2 is 1.84 bits per heavy atom. The number of piperidine rings is 1. The molecule has 0 unspecified atom stereocenters. The molecule has 1 fully saturated rings. The quantitative estimate of drug-likeness (QED) is 0.298. The fourth-order valence-corrected chi connectivity index (χ4v) is 7.13. The second kappa shape index (κ2) is 12.7. The zero-order chi connectivity index (χ0) is 31.6. The molecule has 2 aliphatic rings. The van der Waals surface area contributed by atoms with Gasteiger partial charge in [-0.15, -0.1) is 0 Å². The van der Waals surface area contributed by atoms with Crippen LogP contribution in [0.4, 0.5) is 13.2 Å². The molecule has 0 spiro atoms. The van der Waals surface area contributed by atoms with Crippen LogP contribution in [0.15, 0.2) is 48.2 Å². The fraction of sp³-hybridized carbons (Fsp3) is 0.452. The van der Waals surface area contributed by atoms with Crippen LogP contribution in [0, 0.1) is 6.92 Å². The van der Waals surface area contributed by atoms with Crippen molar-refractivity contribution >= 4 is 21.6 Å². The highest BCUT2D eigenvalue weighted by molar-refractivity contribution is 7.89. The van der Waals surface area contributed by atoms with E-state index in [9.17, 15) is 31.5 Å². The van der Waals surface area contributed by atoms with Crippen molar-refractivity contribution in [1.29, 1.82) is 0 Å². The number of carboxylic acids is 1. The summed E-state index contributed by atoms with van der Waals surface area (Å²) >= 11 is 0. The number of aromatic nitrogens is 3. The average Bonchev–Trinajstić information content (AvgIpc) is 3.48. The predicted octanol–water partition coefficient (Wildman–Crippen LogP) is 6.23. The standard InChI is InChI=1S/C31H35F3N4O5S/c1-3-44(41,42)37-15-13-21(14-16-37)22-11-12-27(20(2)17-22)43-19-23-7-4-5-8-24(23)26-9-6-10-28(36-26)38-29(31(32,33)34)25(18-35-38)30(39)40/h6,9-12,17-18,21H,3-5,7-8,13-16,19H2,1-2H3,(H,39,40). The highest BCUT2D eigenvalue weighted by Gasteiger charge is 2.41. The van der Waals surface area contributed by atoms with Gasteiger partial charge in [-0.25, -0.2) is 27.2 Å². The van der Waals surface area contributed by atoms with Crippen LogP contribution in [-0.4, -0.2) is 64.0 Å². The van der Waals surface area contributed by atoms with Crippen LogP contribution in [-0.2, 0) is 16.2 Å². The van der Waals surface area contributed by atoms with Crippen molar-refractivity contribution in [2.45, 2.75) is 64.5 Å². The topological polar surface area (TPSA) is 115 Å². The van der Waals surface area contributed by atoms with Gasteiger partial charge in [0.1, 0.15) is 17.9 Å². The molecular weight excluding hydrogens is 597 g/mol. The lowest BCUT2D eigenvalue weighted by atomic mass is 9.89. The van der Waals surface area contributed by atoms with Crippen molar-refractivity contribution in [3.05, 3.63) is 76.2 Å². The summed E-state index contributed by atoms with van der Waals surface area (Å²) < 4.78 is 74.2. The van der Waals surface area contributed by atoms with E-state index in [4.69, 9.17) is 4.74 Å². The molecule has 0 atom stereocenters. The van der Waals surface area contributed by atoms with E-state index in [1.807, 2.05) is 19.1 Å². The lowest BCUT2D eigenvalue weighted by Gasteiger charge is -2.31. The molecule has 0 amide bonds. The van der Waals surface area contributed by atoms with E-state index >= 15 is 0 Å². The summed E-state index contributed by atoms with van der Waals surface area (Å²) in [5.74, 6) is -0.724. The Labute approximate surface area is 254 Å². The maximum Gasteiger partial charge on any atom is 0.434 e. The first-order valence-electron chi connectivity index (χ1n) is 14.7. The zero-order valence-electron chi connectivity index (χ0n) is 24.6. The van der Waals surface area contributed by atoms with Gasteiger partial charge in [0.2, 0.25) is 10.0 Å². The SMILES string of the molecule is CCS(=O)(=O)N1CCC(c2ccc(OCC3=C(c4cccc(-n5ncc(C(=O)O)c5C(F)(F)F)n4)CCCC3)c(C)c2)CC1. The molecule has 1 N–H and O–H groups in total. The number of ether oxygens (including phenoxy) is 1. The number of alkyl halides is 3. The normalized spacial score (nSPS) is 17.2. The van der Waals surface area contributed by atoms with Crippen LogP contribution < -0.4 is 4.74 Å². The summed E-state index contributed by atoms with van der Waals surface area (Å²) in [4.78, 5) is 15.9. The monoisotopic (exact) mass is 632 g/mol. The smallest absolute Gasteiger partial charge is 0.434 e. The number of aromatic carboxylic acids is 1. The fourth-order valence-electron chi connectivity index (χ4n) is 6.00. The molecule has 3 heterocycles. The summed E-state index contributed by atoms with van der Waals surface area (Å²) in [6.07, 6.45) is 0.573. The maximum absolute atomic E-state index is 13.8. The Morgan fingerprint density at radius 3 is 2.50 bits per heavy atom. The highest BCUT2D eigenvalue weighted by atomic mass is 32.2. The molecular formula is C31H35F3N4O5S. The minimum atomic E-state index is -4.94. The maximum atomic E-state index is 13.8. The number of sulfonamides is 1. The van der Waals surface area contributed by atoms with Crippen LogP contribution >= 0.6 is 0 Å². The number of aryl methyl sites for hydroxylation is 1. The molecule has 1 saturated heterocycles. The second-order valence-corrected chi connectivity index (χ2v) is 13.4. The third-order valence-corrected chi connectivity index (χ3v) is 10.3. The van der Waals surface area contributed by atoms with Gasteiger partial charge in [0.05, 0.1) is 17.6 Å². The first-order valence-corrected chi connectivity index (χ1v) is 16.3. The summed E-state index contributed by atoms with van der Waals surface area (Å²) in [7, 11) is -3.18. The molecule has 1 aliphatic carbocycles. The van der Waals surface area contributed by atoms with E-state index in [0.29, 0.717) is 42.7 Å². The molecule has 13 heteroatoms. The number of halogens is 3. The van der Waals surface area contributed by atoms with E-state index in [1.165, 1.54) is 6.07 Å². The van der Waals surface area contributed by atoms with E-state index in [2.05, 4.69) is 16.1 Å². The van der Waals surface area contributed by atoms with Gasteiger partial charge in [-0.1, -0.05) is 18.2 Å². The summed E-state index contributed by atoms with van der Waals surface area (Å²) in [5, 5.41) is 13.0. The van der Waals surface area contributed by atoms with Crippen molar-refractivity contribution in [2.75, 3.05) is 25.4 Å². The van der Waals surface area contributed by atoms with Crippen LogP contribution in [0.3, 0.4) is 0 Å². The number of benzene rings is 1. The van der Waals surface area contributed by atoms with Crippen molar-refractivity contribution in [3.63, 3.8) is 0 Å². The van der Waals surface area contributed by atoms with Crippen molar-refractivity contribution in [3.8, 4) is 11.6 Å². The molecule has 236 valence electrons. The molecule has 1 aromatic carbocycles. The molecule has 0 bridgehead atoms. The van der Waals surface area contributed by atoms with Gasteiger partial charge in [0.15, 0.2) is 11.5 Å². The van der Waals surface area contributed by atoms with Crippen LogP contribution in [0.25, 0.3) is 11.4 Å². The van der Waals surface area contributed by atoms with E-state index in [1.54, 1.807) is 23.4 Å². The Bertz CT molecular complexity index is 1680. The number of pyridine rings is 1. The number of carbonyl (C=O) groups is 1. The molecule has 0 radical (unpaired) electrons. The lowest BCUT2D eigenvalue weighted by Crippen LogP contribution is -2.38. The van der Waals surface area contributed by atoms with Gasteiger partial charge >= 0.3 is 12.1 Å². The Morgan fingerprint density at radius 1 is 1.11 bits per heavy atom. The van der Waals surface area contributed by atoms with Crippen LogP contribution in [0.1, 0.15) is 84.2 Å². The Balaban J connectivity index is 1.34. The predicted molar refractivity (Wildman–Crippen MR) is 158 cm³/mol. The molecule has 0 saturated carbocycles. The number of allylic oxidation sites excluding steroid dienone is 1. The van der Waals surface area contributed by atoms with Crippen molar-refractivity contribution in [2.24, 2.45) is 0 Å². The number of hydrogen-bond acceptors (Lipinski definition) is 6. The van der Waals surface area contributed by atoms with Gasteiger partial charge < -0.3 is 9.84 Å². The van der Waals surface area contributed by atoms with Gasteiger partial charge in [-0.3, -0.25) is 0 Å². The summed E-state index contributed by atoms with van der Waals surface area (Å²) in [6.45, 7) is 4.97. The van der Waals surface area contributed by atoms with Gasteiger partial charge in [-0.2, -0.15) is 18.3 Å². The molecule has 1 aliphatic heterocycles. The first kappa shape index (κ1) is 31.7.